The summed E-state index contributed by atoms with van der Waals surface area (Å²) in [6.07, 6.45) is 0. The van der Waals surface area contributed by atoms with Gasteiger partial charge in [-0.25, -0.2) is 4.79 Å². The molecule has 0 amide bonds. The molecule has 0 aliphatic rings. The topological polar surface area (TPSA) is 104 Å². The van der Waals surface area contributed by atoms with Crippen LogP contribution in [0.25, 0.3) is 0 Å². The summed E-state index contributed by atoms with van der Waals surface area (Å²) in [7, 11) is 0. The summed E-state index contributed by atoms with van der Waals surface area (Å²) in [5, 5.41) is 0. The standard InChI is InChI=1S/C6H13N3O2/c1-4(7)3-11-5(10)6(2,8)9/h1,3,7-9H2,2H3. The Morgan fingerprint density at radius 2 is 2.09 bits per heavy atom. The van der Waals surface area contributed by atoms with E-state index in [0.717, 1.165) is 0 Å². The molecule has 0 saturated heterocycles. The van der Waals surface area contributed by atoms with Crippen molar-refractivity contribution in [2.45, 2.75) is 12.6 Å². The van der Waals surface area contributed by atoms with Gasteiger partial charge in [-0.1, -0.05) is 6.58 Å². The molecule has 0 rings (SSSR count). The maximum atomic E-state index is 10.8. The maximum absolute atomic E-state index is 10.8. The number of carbonyl (C=O) groups is 1. The normalized spacial score (nSPS) is 10.8. The van der Waals surface area contributed by atoms with Gasteiger partial charge in [-0.2, -0.15) is 0 Å². The molecule has 5 heteroatoms. The summed E-state index contributed by atoms with van der Waals surface area (Å²) in [6.45, 7) is 4.62. The summed E-state index contributed by atoms with van der Waals surface area (Å²) in [6, 6.07) is 0. The lowest BCUT2D eigenvalue weighted by molar-refractivity contribution is -0.148. The predicted octanol–water partition coefficient (Wildman–Crippen LogP) is -1.36. The molecule has 0 saturated carbocycles. The van der Waals surface area contributed by atoms with Gasteiger partial charge in [0, 0.05) is 5.70 Å². The third-order valence-corrected chi connectivity index (χ3v) is 0.828. The van der Waals surface area contributed by atoms with Gasteiger partial charge in [0.1, 0.15) is 6.61 Å². The van der Waals surface area contributed by atoms with Crippen LogP contribution in [0, 0.1) is 0 Å². The first-order valence-electron chi connectivity index (χ1n) is 3.02. The first-order chi connectivity index (χ1) is 4.84. The number of rotatable bonds is 3. The van der Waals surface area contributed by atoms with Gasteiger partial charge in [-0.3, -0.25) is 0 Å². The average molecular weight is 159 g/mol. The van der Waals surface area contributed by atoms with E-state index in [1.807, 2.05) is 0 Å². The average Bonchev–Trinajstić information content (AvgIpc) is 1.80. The lowest BCUT2D eigenvalue weighted by Crippen LogP contribution is -2.54. The van der Waals surface area contributed by atoms with Crippen molar-refractivity contribution in [2.24, 2.45) is 17.2 Å². The zero-order valence-corrected chi connectivity index (χ0v) is 6.46. The summed E-state index contributed by atoms with van der Waals surface area (Å²) < 4.78 is 4.55. The third-order valence-electron chi connectivity index (χ3n) is 0.828. The Labute approximate surface area is 65.2 Å². The van der Waals surface area contributed by atoms with Crippen molar-refractivity contribution in [1.29, 1.82) is 0 Å². The second-order valence-electron chi connectivity index (χ2n) is 2.52. The quantitative estimate of drug-likeness (QED) is 0.348. The fraction of sp³-hybridized carbons (Fsp3) is 0.500. The van der Waals surface area contributed by atoms with Crippen LogP contribution in [0.15, 0.2) is 12.3 Å². The van der Waals surface area contributed by atoms with Crippen molar-refractivity contribution in [2.75, 3.05) is 6.61 Å². The molecular formula is C6H13N3O2. The van der Waals surface area contributed by atoms with Crippen molar-refractivity contribution in [3.8, 4) is 0 Å². The van der Waals surface area contributed by atoms with E-state index in [-0.39, 0.29) is 12.3 Å². The van der Waals surface area contributed by atoms with E-state index in [4.69, 9.17) is 17.2 Å². The minimum atomic E-state index is -1.46. The highest BCUT2D eigenvalue weighted by atomic mass is 16.5. The number of carbonyl (C=O) groups excluding carboxylic acids is 1. The fourth-order valence-corrected chi connectivity index (χ4v) is 0.314. The number of hydrogen-bond acceptors (Lipinski definition) is 5. The lowest BCUT2D eigenvalue weighted by atomic mass is 10.2. The van der Waals surface area contributed by atoms with Crippen LogP contribution in [0.3, 0.4) is 0 Å². The molecule has 0 atom stereocenters. The Bertz CT molecular complexity index is 171. The molecule has 0 heterocycles. The molecular weight excluding hydrogens is 146 g/mol. The van der Waals surface area contributed by atoms with Crippen LogP contribution < -0.4 is 17.2 Å². The van der Waals surface area contributed by atoms with E-state index in [2.05, 4.69) is 11.3 Å². The minimum absolute atomic E-state index is 0.0528. The lowest BCUT2D eigenvalue weighted by Gasteiger charge is -2.16. The van der Waals surface area contributed by atoms with Crippen LogP contribution in [-0.4, -0.2) is 18.2 Å². The summed E-state index contributed by atoms with van der Waals surface area (Å²) in [5.74, 6) is -0.705. The first kappa shape index (κ1) is 9.93. The Morgan fingerprint density at radius 1 is 1.64 bits per heavy atom. The molecule has 0 aromatic rings. The van der Waals surface area contributed by atoms with Crippen LogP contribution >= 0.6 is 0 Å². The van der Waals surface area contributed by atoms with E-state index >= 15 is 0 Å². The van der Waals surface area contributed by atoms with Crippen LogP contribution in [0.5, 0.6) is 0 Å². The molecule has 0 bridgehead atoms. The van der Waals surface area contributed by atoms with Crippen molar-refractivity contribution >= 4 is 5.97 Å². The Morgan fingerprint density at radius 3 is 2.36 bits per heavy atom. The maximum Gasteiger partial charge on any atom is 0.341 e. The highest BCUT2D eigenvalue weighted by molar-refractivity contribution is 5.79. The SMILES string of the molecule is C=C(N)COC(=O)C(C)(N)N. The molecule has 0 unspecified atom stereocenters. The summed E-state index contributed by atoms with van der Waals surface area (Å²) in [5.41, 5.74) is 14.3. The van der Waals surface area contributed by atoms with Crippen LogP contribution in [0.1, 0.15) is 6.92 Å². The molecule has 0 aliphatic carbocycles. The van der Waals surface area contributed by atoms with Crippen LogP contribution in [-0.2, 0) is 9.53 Å². The number of nitrogens with two attached hydrogens (primary N) is 3. The fourth-order valence-electron chi connectivity index (χ4n) is 0.314. The zero-order chi connectivity index (χ0) is 9.07. The molecule has 0 aromatic carbocycles. The predicted molar refractivity (Wildman–Crippen MR) is 41.1 cm³/mol. The second kappa shape index (κ2) is 3.36. The van der Waals surface area contributed by atoms with Crippen LogP contribution in [0.4, 0.5) is 0 Å². The highest BCUT2D eigenvalue weighted by Crippen LogP contribution is 1.93. The molecule has 0 radical (unpaired) electrons. The summed E-state index contributed by atoms with van der Waals surface area (Å²) >= 11 is 0. The molecule has 0 aromatic heterocycles. The van der Waals surface area contributed by atoms with Crippen LogP contribution in [0.2, 0.25) is 0 Å². The van der Waals surface area contributed by atoms with E-state index in [0.29, 0.717) is 0 Å². The molecule has 0 spiro atoms. The number of ether oxygens (including phenoxy) is 1. The molecule has 5 nitrogen and oxygen atoms in total. The van der Waals surface area contributed by atoms with E-state index in [1.54, 1.807) is 0 Å². The molecule has 6 N–H and O–H groups in total. The van der Waals surface area contributed by atoms with Crippen molar-refractivity contribution in [1.82, 2.24) is 0 Å². The highest BCUT2D eigenvalue weighted by Gasteiger charge is 2.24. The molecule has 0 fully saturated rings. The zero-order valence-electron chi connectivity index (χ0n) is 6.46. The van der Waals surface area contributed by atoms with Crippen molar-refractivity contribution < 1.29 is 9.53 Å². The van der Waals surface area contributed by atoms with Gasteiger partial charge in [-0.15, -0.1) is 0 Å². The minimum Gasteiger partial charge on any atom is -0.457 e. The molecule has 0 aliphatic heterocycles. The Balaban J connectivity index is 3.80. The van der Waals surface area contributed by atoms with Gasteiger partial charge in [0.2, 0.25) is 0 Å². The van der Waals surface area contributed by atoms with Crippen molar-refractivity contribution in [3.05, 3.63) is 12.3 Å². The molecule has 11 heavy (non-hydrogen) atoms. The van der Waals surface area contributed by atoms with Crippen molar-refractivity contribution in [3.63, 3.8) is 0 Å². The van der Waals surface area contributed by atoms with Gasteiger partial charge in [0.15, 0.2) is 5.66 Å². The van der Waals surface area contributed by atoms with E-state index < -0.39 is 11.6 Å². The Hall–Kier alpha value is -1.07. The van der Waals surface area contributed by atoms with Gasteiger partial charge in [-0.05, 0) is 6.92 Å². The van der Waals surface area contributed by atoms with Gasteiger partial charge in [0.25, 0.3) is 0 Å². The van der Waals surface area contributed by atoms with Gasteiger partial charge >= 0.3 is 5.97 Å². The third kappa shape index (κ3) is 4.35. The van der Waals surface area contributed by atoms with Gasteiger partial charge in [0.05, 0.1) is 0 Å². The largest absolute Gasteiger partial charge is 0.457 e. The molecule has 64 valence electrons. The smallest absolute Gasteiger partial charge is 0.341 e. The Kier molecular flexibility index (Phi) is 3.03. The second-order valence-corrected chi connectivity index (χ2v) is 2.52. The first-order valence-corrected chi connectivity index (χ1v) is 3.02. The summed E-state index contributed by atoms with van der Waals surface area (Å²) in [4.78, 5) is 10.8. The van der Waals surface area contributed by atoms with Gasteiger partial charge < -0.3 is 21.9 Å². The number of hydrogen-bond donors (Lipinski definition) is 3. The van der Waals surface area contributed by atoms with E-state index in [1.165, 1.54) is 6.92 Å². The monoisotopic (exact) mass is 159 g/mol. The van der Waals surface area contributed by atoms with E-state index in [9.17, 15) is 4.79 Å². The number of esters is 1.